The van der Waals surface area contributed by atoms with Crippen molar-refractivity contribution in [1.82, 2.24) is 9.97 Å². The number of anilines is 1. The lowest BCUT2D eigenvalue weighted by Gasteiger charge is -2.19. The lowest BCUT2D eigenvalue weighted by Crippen LogP contribution is -2.26. The molecule has 0 bridgehead atoms. The maximum absolute atomic E-state index is 11.7. The number of likely N-dealkylation sites (N-methyl/N-ethyl adjacent to an activating group) is 1. The molecule has 0 atom stereocenters. The van der Waals surface area contributed by atoms with E-state index in [2.05, 4.69) is 0 Å². The number of aromatic nitrogens is 2. The summed E-state index contributed by atoms with van der Waals surface area (Å²) in [4.78, 5) is 23.4. The first kappa shape index (κ1) is 24.1. The van der Waals surface area contributed by atoms with Crippen LogP contribution < -0.4 is 4.90 Å². The van der Waals surface area contributed by atoms with E-state index in [1.807, 2.05) is 106 Å². The van der Waals surface area contributed by atoms with Crippen molar-refractivity contribution in [2.45, 2.75) is 26.4 Å². The summed E-state index contributed by atoms with van der Waals surface area (Å²) < 4.78 is 10.6. The summed E-state index contributed by atoms with van der Waals surface area (Å²) in [5, 5.41) is 0. The van der Waals surface area contributed by atoms with E-state index in [0.717, 1.165) is 28.3 Å². The molecule has 172 valence electrons. The zero-order chi connectivity index (χ0) is 23.7. The number of esters is 1. The van der Waals surface area contributed by atoms with E-state index in [0.29, 0.717) is 13.2 Å². The Hall–Kier alpha value is -3.51. The molecule has 0 fully saturated rings. The van der Waals surface area contributed by atoms with Crippen LogP contribution in [0.2, 0.25) is 0 Å². The van der Waals surface area contributed by atoms with Gasteiger partial charge in [-0.05, 0) is 20.8 Å². The topological polar surface area (TPSA) is 64.5 Å². The molecule has 0 spiro atoms. The number of rotatable bonds is 9. The molecule has 3 aromatic rings. The number of benzene rings is 2. The van der Waals surface area contributed by atoms with Crippen molar-refractivity contribution < 1.29 is 14.3 Å². The van der Waals surface area contributed by atoms with Gasteiger partial charge in [-0.2, -0.15) is 0 Å². The molecule has 0 saturated carbocycles. The van der Waals surface area contributed by atoms with Gasteiger partial charge >= 0.3 is 5.97 Å². The summed E-state index contributed by atoms with van der Waals surface area (Å²) >= 11 is 0. The molecule has 6 nitrogen and oxygen atoms in total. The van der Waals surface area contributed by atoms with Gasteiger partial charge in [0.1, 0.15) is 18.0 Å². The number of carbonyl (C=O) groups is 1. The Balaban J connectivity index is 1.64. The van der Waals surface area contributed by atoms with E-state index in [-0.39, 0.29) is 12.6 Å². The zero-order valence-electron chi connectivity index (χ0n) is 19.7. The quantitative estimate of drug-likeness (QED) is 0.257. The van der Waals surface area contributed by atoms with Crippen molar-refractivity contribution in [1.29, 1.82) is 0 Å². The van der Waals surface area contributed by atoms with E-state index in [9.17, 15) is 4.79 Å². The monoisotopic (exact) mass is 445 g/mol. The number of hydrogen-bond acceptors (Lipinski definition) is 6. The maximum Gasteiger partial charge on any atom is 0.332 e. The minimum absolute atomic E-state index is 0.0652. The Morgan fingerprint density at radius 3 is 2.15 bits per heavy atom. The van der Waals surface area contributed by atoms with Crippen LogP contribution in [0, 0.1) is 0 Å². The summed E-state index contributed by atoms with van der Waals surface area (Å²) in [6.45, 7) is 6.39. The van der Waals surface area contributed by atoms with Gasteiger partial charge in [-0.3, -0.25) is 4.98 Å². The van der Waals surface area contributed by atoms with Crippen LogP contribution in [0.1, 0.15) is 20.8 Å². The van der Waals surface area contributed by atoms with Gasteiger partial charge in [-0.15, -0.1) is 0 Å². The lowest BCUT2D eigenvalue weighted by atomic mass is 10.0. The van der Waals surface area contributed by atoms with Crippen LogP contribution >= 0.6 is 0 Å². The first-order chi connectivity index (χ1) is 15.8. The molecule has 0 radical (unpaired) electrons. The lowest BCUT2D eigenvalue weighted by molar-refractivity contribution is -0.159. The van der Waals surface area contributed by atoms with Crippen LogP contribution in [0.4, 0.5) is 5.82 Å². The SMILES string of the molecule is CN(CC=CCOCC(=O)OC(C)(C)C)c1cnc(-c2ccccc2)c(-c2ccccc2)n1. The largest absolute Gasteiger partial charge is 0.458 e. The van der Waals surface area contributed by atoms with Crippen LogP contribution in [-0.2, 0) is 14.3 Å². The third-order valence-electron chi connectivity index (χ3n) is 4.65. The van der Waals surface area contributed by atoms with E-state index >= 15 is 0 Å². The first-order valence-corrected chi connectivity index (χ1v) is 11.0. The predicted octanol–water partition coefficient (Wildman–Crippen LogP) is 5.16. The van der Waals surface area contributed by atoms with Crippen molar-refractivity contribution in [3.8, 4) is 22.5 Å². The van der Waals surface area contributed by atoms with Gasteiger partial charge in [0.05, 0.1) is 24.2 Å². The summed E-state index contributed by atoms with van der Waals surface area (Å²) in [5.41, 5.74) is 3.24. The Morgan fingerprint density at radius 1 is 0.939 bits per heavy atom. The standard InChI is InChI=1S/C27H31N3O3/c1-27(2,3)33-24(31)20-32-18-12-11-17-30(4)23-19-28-25(21-13-7-5-8-14-21)26(29-23)22-15-9-6-10-16-22/h5-16,19H,17-18,20H2,1-4H3. The number of ether oxygens (including phenoxy) is 2. The number of hydrogen-bond donors (Lipinski definition) is 0. The van der Waals surface area contributed by atoms with Crippen molar-refractivity contribution in [2.75, 3.05) is 31.7 Å². The van der Waals surface area contributed by atoms with Gasteiger partial charge < -0.3 is 14.4 Å². The fraction of sp³-hybridized carbons (Fsp3) is 0.296. The summed E-state index contributed by atoms with van der Waals surface area (Å²) in [6, 6.07) is 20.2. The molecule has 0 unspecified atom stereocenters. The van der Waals surface area contributed by atoms with Gasteiger partial charge in [0, 0.05) is 24.7 Å². The molecule has 2 aromatic carbocycles. The number of carbonyl (C=O) groups excluding carboxylic acids is 1. The third kappa shape index (κ3) is 7.54. The van der Waals surface area contributed by atoms with Crippen LogP contribution in [0.3, 0.4) is 0 Å². The molecule has 33 heavy (non-hydrogen) atoms. The van der Waals surface area contributed by atoms with Gasteiger partial charge in [-0.25, -0.2) is 9.78 Å². The molecule has 0 aliphatic rings. The van der Waals surface area contributed by atoms with Gasteiger partial charge in [-0.1, -0.05) is 72.8 Å². The second kappa shape index (κ2) is 11.4. The van der Waals surface area contributed by atoms with E-state index in [4.69, 9.17) is 19.4 Å². The Bertz CT molecular complexity index is 1060. The smallest absolute Gasteiger partial charge is 0.332 e. The Labute approximate surface area is 195 Å². The molecule has 0 aliphatic carbocycles. The molecule has 0 N–H and O–H groups in total. The summed E-state index contributed by atoms with van der Waals surface area (Å²) in [6.07, 6.45) is 5.65. The number of nitrogens with zero attached hydrogens (tertiary/aromatic N) is 3. The van der Waals surface area contributed by atoms with Crippen LogP contribution in [0.25, 0.3) is 22.5 Å². The van der Waals surface area contributed by atoms with Crippen LogP contribution in [0.15, 0.2) is 79.0 Å². The Morgan fingerprint density at radius 2 is 1.55 bits per heavy atom. The molecule has 1 heterocycles. The van der Waals surface area contributed by atoms with Crippen molar-refractivity contribution in [3.05, 3.63) is 79.0 Å². The van der Waals surface area contributed by atoms with Crippen molar-refractivity contribution >= 4 is 11.8 Å². The molecular formula is C27H31N3O3. The molecule has 1 aromatic heterocycles. The minimum atomic E-state index is -0.505. The van der Waals surface area contributed by atoms with E-state index in [1.165, 1.54) is 0 Å². The van der Waals surface area contributed by atoms with E-state index < -0.39 is 5.60 Å². The maximum atomic E-state index is 11.7. The van der Waals surface area contributed by atoms with Crippen LogP contribution in [0.5, 0.6) is 0 Å². The Kier molecular flexibility index (Phi) is 8.33. The molecule has 0 saturated heterocycles. The van der Waals surface area contributed by atoms with Gasteiger partial charge in [0.15, 0.2) is 0 Å². The van der Waals surface area contributed by atoms with Crippen molar-refractivity contribution in [3.63, 3.8) is 0 Å². The van der Waals surface area contributed by atoms with Crippen LogP contribution in [-0.4, -0.2) is 48.3 Å². The fourth-order valence-corrected chi connectivity index (χ4v) is 3.14. The fourth-order valence-electron chi connectivity index (χ4n) is 3.14. The van der Waals surface area contributed by atoms with Gasteiger partial charge in [0.2, 0.25) is 0 Å². The first-order valence-electron chi connectivity index (χ1n) is 11.0. The molecular weight excluding hydrogens is 414 g/mol. The molecule has 0 amide bonds. The molecule has 3 rings (SSSR count). The van der Waals surface area contributed by atoms with E-state index in [1.54, 1.807) is 6.20 Å². The second-order valence-corrected chi connectivity index (χ2v) is 8.61. The predicted molar refractivity (Wildman–Crippen MR) is 132 cm³/mol. The highest BCUT2D eigenvalue weighted by atomic mass is 16.6. The summed E-state index contributed by atoms with van der Waals surface area (Å²) in [7, 11) is 1.97. The third-order valence-corrected chi connectivity index (χ3v) is 4.65. The summed E-state index contributed by atoms with van der Waals surface area (Å²) in [5.74, 6) is 0.406. The molecule has 0 aliphatic heterocycles. The normalized spacial score (nSPS) is 11.5. The average Bonchev–Trinajstić information content (AvgIpc) is 2.81. The average molecular weight is 446 g/mol. The van der Waals surface area contributed by atoms with Gasteiger partial charge in [0.25, 0.3) is 0 Å². The van der Waals surface area contributed by atoms with Crippen molar-refractivity contribution in [2.24, 2.45) is 0 Å². The highest BCUT2D eigenvalue weighted by Gasteiger charge is 2.16. The highest BCUT2D eigenvalue weighted by Crippen LogP contribution is 2.30. The second-order valence-electron chi connectivity index (χ2n) is 8.61. The minimum Gasteiger partial charge on any atom is -0.458 e. The zero-order valence-corrected chi connectivity index (χ0v) is 19.7. The molecule has 6 heteroatoms. The highest BCUT2D eigenvalue weighted by molar-refractivity contribution is 5.78.